The van der Waals surface area contributed by atoms with Gasteiger partial charge in [0.25, 0.3) is 0 Å². The molecule has 0 aliphatic heterocycles. The van der Waals surface area contributed by atoms with Crippen LogP contribution >= 0.6 is 0 Å². The molecule has 1 heterocycles. The summed E-state index contributed by atoms with van der Waals surface area (Å²) < 4.78 is 12.4. The van der Waals surface area contributed by atoms with Gasteiger partial charge < -0.3 is 5.73 Å². The molecule has 0 spiro atoms. The number of rotatable bonds is 3. The minimum absolute atomic E-state index is 0.0403. The first-order valence-electron chi connectivity index (χ1n) is 3.67. The molecule has 3 nitrogen and oxygen atoms in total. The van der Waals surface area contributed by atoms with E-state index in [4.69, 9.17) is 5.73 Å². The Hall–Kier alpha value is -1.71. The monoisotopic (exact) mass is 180 g/mol. The molecule has 0 fully saturated rings. The van der Waals surface area contributed by atoms with Gasteiger partial charge in [-0.2, -0.15) is 0 Å². The van der Waals surface area contributed by atoms with Gasteiger partial charge in [0.1, 0.15) is 5.82 Å². The predicted octanol–water partition coefficient (Wildman–Crippen LogP) is 1.11. The Bertz CT molecular complexity index is 332. The van der Waals surface area contributed by atoms with Crippen LogP contribution in [0.2, 0.25) is 0 Å². The van der Waals surface area contributed by atoms with Gasteiger partial charge in [0.05, 0.1) is 18.3 Å². The summed E-state index contributed by atoms with van der Waals surface area (Å²) in [7, 11) is 0. The maximum atomic E-state index is 12.4. The number of nitrogens with zero attached hydrogens (tertiary/aromatic N) is 1. The van der Waals surface area contributed by atoms with E-state index in [-0.39, 0.29) is 6.42 Å². The van der Waals surface area contributed by atoms with Gasteiger partial charge in [0, 0.05) is 0 Å². The van der Waals surface area contributed by atoms with Crippen LogP contribution in [0.5, 0.6) is 0 Å². The van der Waals surface area contributed by atoms with E-state index in [1.54, 1.807) is 0 Å². The van der Waals surface area contributed by atoms with Gasteiger partial charge in [-0.25, -0.2) is 4.39 Å². The number of nitrogens with two attached hydrogens (primary N) is 1. The molecule has 0 aliphatic carbocycles. The van der Waals surface area contributed by atoms with Crippen LogP contribution in [0.3, 0.4) is 0 Å². The molecule has 4 heteroatoms. The molecule has 1 rings (SSSR count). The summed E-state index contributed by atoms with van der Waals surface area (Å²) in [4.78, 5) is 14.3. The number of carbonyl (C=O) groups is 1. The zero-order valence-electron chi connectivity index (χ0n) is 6.96. The Kier molecular flexibility index (Phi) is 2.74. The third-order valence-corrected chi connectivity index (χ3v) is 1.48. The summed E-state index contributed by atoms with van der Waals surface area (Å²) >= 11 is 0. The van der Waals surface area contributed by atoms with Crippen molar-refractivity contribution in [3.05, 3.63) is 36.4 Å². The van der Waals surface area contributed by atoms with Crippen LogP contribution in [0.25, 0.3) is 5.57 Å². The molecule has 2 N–H and O–H groups in total. The molecule has 0 aromatic carbocycles. The first-order chi connectivity index (χ1) is 6.09. The Morgan fingerprint density at radius 2 is 2.31 bits per heavy atom. The summed E-state index contributed by atoms with van der Waals surface area (Å²) in [6.07, 6.45) is 1.11. The number of aromatic nitrogens is 1. The molecule has 0 aliphatic rings. The van der Waals surface area contributed by atoms with Gasteiger partial charge in [-0.1, -0.05) is 6.58 Å². The topological polar surface area (TPSA) is 56.0 Å². The minimum atomic E-state index is -0.476. The quantitative estimate of drug-likeness (QED) is 0.757. The van der Waals surface area contributed by atoms with E-state index in [9.17, 15) is 9.18 Å². The molecule has 0 saturated heterocycles. The van der Waals surface area contributed by atoms with Crippen LogP contribution < -0.4 is 5.73 Å². The maximum absolute atomic E-state index is 12.4. The van der Waals surface area contributed by atoms with Crippen LogP contribution in [0.1, 0.15) is 12.1 Å². The second kappa shape index (κ2) is 3.80. The van der Waals surface area contributed by atoms with E-state index >= 15 is 0 Å². The lowest BCUT2D eigenvalue weighted by Crippen LogP contribution is -2.10. The standard InChI is InChI=1S/C9H9FN2O/c1-6(4-9(11)13)8-3-2-7(10)5-12-8/h2-3,5H,1,4H2,(H2,11,13). The van der Waals surface area contributed by atoms with Crippen molar-refractivity contribution in [2.24, 2.45) is 5.73 Å². The molecule has 0 radical (unpaired) electrons. The zero-order chi connectivity index (χ0) is 9.84. The van der Waals surface area contributed by atoms with Crippen molar-refractivity contribution in [3.8, 4) is 0 Å². The third-order valence-electron chi connectivity index (χ3n) is 1.48. The average molecular weight is 180 g/mol. The summed E-state index contributed by atoms with van der Waals surface area (Å²) in [6.45, 7) is 3.61. The third kappa shape index (κ3) is 2.66. The minimum Gasteiger partial charge on any atom is -0.369 e. The average Bonchev–Trinajstić information content (AvgIpc) is 2.04. The van der Waals surface area contributed by atoms with E-state index in [0.29, 0.717) is 11.3 Å². The van der Waals surface area contributed by atoms with Gasteiger partial charge in [0.2, 0.25) is 5.91 Å². The van der Waals surface area contributed by atoms with Crippen molar-refractivity contribution in [2.45, 2.75) is 6.42 Å². The van der Waals surface area contributed by atoms with E-state index < -0.39 is 11.7 Å². The fourth-order valence-electron chi connectivity index (χ4n) is 0.886. The molecule has 1 aromatic heterocycles. The molecule has 0 bridgehead atoms. The highest BCUT2D eigenvalue weighted by molar-refractivity contribution is 5.86. The second-order valence-corrected chi connectivity index (χ2v) is 2.61. The predicted molar refractivity (Wildman–Crippen MR) is 47.0 cm³/mol. The summed E-state index contributed by atoms with van der Waals surface area (Å²) in [6, 6.07) is 2.72. The van der Waals surface area contributed by atoms with Crippen LogP contribution in [0, 0.1) is 5.82 Å². The molecule has 68 valence electrons. The number of hydrogen-bond acceptors (Lipinski definition) is 2. The lowest BCUT2D eigenvalue weighted by Gasteiger charge is -2.00. The SMILES string of the molecule is C=C(CC(N)=O)c1ccc(F)cn1. The smallest absolute Gasteiger partial charge is 0.221 e. The molecule has 0 saturated carbocycles. The number of halogens is 1. The van der Waals surface area contributed by atoms with E-state index in [2.05, 4.69) is 11.6 Å². The molecule has 13 heavy (non-hydrogen) atoms. The highest BCUT2D eigenvalue weighted by Gasteiger charge is 2.03. The van der Waals surface area contributed by atoms with Crippen LogP contribution in [-0.4, -0.2) is 10.9 Å². The van der Waals surface area contributed by atoms with E-state index in [1.165, 1.54) is 12.1 Å². The van der Waals surface area contributed by atoms with Gasteiger partial charge >= 0.3 is 0 Å². The lowest BCUT2D eigenvalue weighted by atomic mass is 10.1. The van der Waals surface area contributed by atoms with Crippen molar-refractivity contribution < 1.29 is 9.18 Å². The second-order valence-electron chi connectivity index (χ2n) is 2.61. The summed E-state index contributed by atoms with van der Waals surface area (Å²) in [5.41, 5.74) is 5.94. The number of primary amides is 1. The highest BCUT2D eigenvalue weighted by Crippen LogP contribution is 2.12. The largest absolute Gasteiger partial charge is 0.369 e. The number of hydrogen-bond donors (Lipinski definition) is 1. The van der Waals surface area contributed by atoms with Crippen LogP contribution in [0.4, 0.5) is 4.39 Å². The fraction of sp³-hybridized carbons (Fsp3) is 0.111. The van der Waals surface area contributed by atoms with Crippen LogP contribution in [-0.2, 0) is 4.79 Å². The Morgan fingerprint density at radius 1 is 1.62 bits per heavy atom. The molecule has 1 amide bonds. The molecule has 1 aromatic rings. The maximum Gasteiger partial charge on any atom is 0.221 e. The van der Waals surface area contributed by atoms with Gasteiger partial charge in [0.15, 0.2) is 0 Å². The van der Waals surface area contributed by atoms with Gasteiger partial charge in [-0.05, 0) is 17.7 Å². The highest BCUT2D eigenvalue weighted by atomic mass is 19.1. The van der Waals surface area contributed by atoms with Gasteiger partial charge in [-0.3, -0.25) is 9.78 Å². The van der Waals surface area contributed by atoms with Gasteiger partial charge in [-0.15, -0.1) is 0 Å². The Morgan fingerprint density at radius 3 is 2.77 bits per heavy atom. The number of pyridine rings is 1. The number of carbonyl (C=O) groups excluding carboxylic acids is 1. The van der Waals surface area contributed by atoms with Crippen molar-refractivity contribution in [1.29, 1.82) is 0 Å². The Balaban J connectivity index is 2.78. The van der Waals surface area contributed by atoms with E-state index in [0.717, 1.165) is 6.20 Å². The van der Waals surface area contributed by atoms with Crippen molar-refractivity contribution in [3.63, 3.8) is 0 Å². The first kappa shape index (κ1) is 9.38. The van der Waals surface area contributed by atoms with E-state index in [1.807, 2.05) is 0 Å². The lowest BCUT2D eigenvalue weighted by molar-refractivity contribution is -0.117. The first-order valence-corrected chi connectivity index (χ1v) is 3.67. The van der Waals surface area contributed by atoms with Crippen molar-refractivity contribution in [2.75, 3.05) is 0 Å². The normalized spacial score (nSPS) is 9.62. The number of amides is 1. The molecule has 0 atom stereocenters. The summed E-state index contributed by atoms with van der Waals surface area (Å²) in [5.74, 6) is -0.897. The molecular formula is C9H9FN2O. The van der Waals surface area contributed by atoms with Crippen LogP contribution in [0.15, 0.2) is 24.9 Å². The fourth-order valence-corrected chi connectivity index (χ4v) is 0.886. The molecular weight excluding hydrogens is 171 g/mol. The molecule has 0 unspecified atom stereocenters. The van der Waals surface area contributed by atoms with Crippen molar-refractivity contribution in [1.82, 2.24) is 4.98 Å². The zero-order valence-corrected chi connectivity index (χ0v) is 6.96. The van der Waals surface area contributed by atoms with Crippen molar-refractivity contribution >= 4 is 11.5 Å². The summed E-state index contributed by atoms with van der Waals surface area (Å²) in [5, 5.41) is 0. The Labute approximate surface area is 75.1 Å².